The van der Waals surface area contributed by atoms with Gasteiger partial charge in [0.05, 0.1) is 6.61 Å². The van der Waals surface area contributed by atoms with Crippen molar-refractivity contribution in [3.05, 3.63) is 71.3 Å². The Morgan fingerprint density at radius 2 is 1.72 bits per heavy atom. The summed E-state index contributed by atoms with van der Waals surface area (Å²) in [5.41, 5.74) is 3.45. The smallest absolute Gasteiger partial charge is 0.0681 e. The minimum atomic E-state index is 0.0993. The lowest BCUT2D eigenvalue weighted by Crippen LogP contribution is -2.18. The lowest BCUT2D eigenvalue weighted by molar-refractivity contribution is 0.281. The van der Waals surface area contributed by atoms with E-state index in [1.165, 1.54) is 11.1 Å². The summed E-state index contributed by atoms with van der Waals surface area (Å²) in [6, 6.07) is 18.7. The third-order valence-electron chi connectivity index (χ3n) is 3.09. The summed E-state index contributed by atoms with van der Waals surface area (Å²) < 4.78 is 0. The molecule has 2 rings (SSSR count). The van der Waals surface area contributed by atoms with Crippen LogP contribution in [-0.4, -0.2) is 5.11 Å². The molecule has 0 aliphatic carbocycles. The molecule has 2 heteroatoms. The van der Waals surface area contributed by atoms with Crippen LogP contribution < -0.4 is 5.32 Å². The van der Waals surface area contributed by atoms with E-state index in [1.54, 1.807) is 0 Å². The first-order valence-corrected chi connectivity index (χ1v) is 6.26. The molecule has 1 unspecified atom stereocenters. The highest BCUT2D eigenvalue weighted by atomic mass is 16.3. The number of rotatable bonds is 5. The normalized spacial score (nSPS) is 12.3. The zero-order valence-corrected chi connectivity index (χ0v) is 10.6. The van der Waals surface area contributed by atoms with E-state index in [1.807, 2.05) is 24.3 Å². The Morgan fingerprint density at radius 3 is 2.44 bits per heavy atom. The molecule has 2 N–H and O–H groups in total. The summed E-state index contributed by atoms with van der Waals surface area (Å²) in [5, 5.41) is 12.6. The van der Waals surface area contributed by atoms with Gasteiger partial charge in [-0.25, -0.2) is 0 Å². The van der Waals surface area contributed by atoms with E-state index in [0.29, 0.717) is 6.04 Å². The van der Waals surface area contributed by atoms with Gasteiger partial charge in [-0.15, -0.1) is 0 Å². The predicted octanol–water partition coefficient (Wildman–Crippen LogP) is 3.03. The standard InChI is InChI=1S/C16H19NO/c1-13(16-8-3-2-4-9-16)17-11-14-6-5-7-15(10-14)12-18/h2-10,13,17-18H,11-12H2,1H3. The van der Waals surface area contributed by atoms with Crippen LogP contribution in [0.1, 0.15) is 29.7 Å². The van der Waals surface area contributed by atoms with Gasteiger partial charge in [-0.1, -0.05) is 54.6 Å². The van der Waals surface area contributed by atoms with E-state index < -0.39 is 0 Å². The Balaban J connectivity index is 1.95. The molecule has 0 aliphatic rings. The molecule has 2 aromatic rings. The molecule has 0 amide bonds. The summed E-state index contributed by atoms with van der Waals surface area (Å²) in [5.74, 6) is 0. The van der Waals surface area contributed by atoms with Crippen molar-refractivity contribution in [2.45, 2.75) is 26.1 Å². The number of hydrogen-bond donors (Lipinski definition) is 2. The van der Waals surface area contributed by atoms with Crippen molar-refractivity contribution >= 4 is 0 Å². The Morgan fingerprint density at radius 1 is 1.00 bits per heavy atom. The van der Waals surface area contributed by atoms with Crippen molar-refractivity contribution < 1.29 is 5.11 Å². The molecular formula is C16H19NO. The molecule has 0 spiro atoms. The molecule has 94 valence electrons. The molecule has 0 radical (unpaired) electrons. The van der Waals surface area contributed by atoms with Crippen LogP contribution in [0.15, 0.2) is 54.6 Å². The third kappa shape index (κ3) is 3.42. The Kier molecular flexibility index (Phi) is 4.51. The number of benzene rings is 2. The fourth-order valence-electron chi connectivity index (χ4n) is 1.97. The number of nitrogens with one attached hydrogen (secondary N) is 1. The van der Waals surface area contributed by atoms with Gasteiger partial charge < -0.3 is 10.4 Å². The van der Waals surface area contributed by atoms with Crippen molar-refractivity contribution in [1.82, 2.24) is 5.32 Å². The van der Waals surface area contributed by atoms with Crippen LogP contribution in [0, 0.1) is 0 Å². The largest absolute Gasteiger partial charge is 0.392 e. The first kappa shape index (κ1) is 12.8. The van der Waals surface area contributed by atoms with Gasteiger partial charge in [0.25, 0.3) is 0 Å². The summed E-state index contributed by atoms with van der Waals surface area (Å²) in [7, 11) is 0. The topological polar surface area (TPSA) is 32.3 Å². The Labute approximate surface area is 108 Å². The van der Waals surface area contributed by atoms with E-state index in [2.05, 4.69) is 42.6 Å². The molecule has 18 heavy (non-hydrogen) atoms. The van der Waals surface area contributed by atoms with Gasteiger partial charge in [0, 0.05) is 12.6 Å². The molecule has 0 aromatic heterocycles. The lowest BCUT2D eigenvalue weighted by atomic mass is 10.1. The predicted molar refractivity (Wildman–Crippen MR) is 74.1 cm³/mol. The molecule has 2 aromatic carbocycles. The van der Waals surface area contributed by atoms with Crippen LogP contribution >= 0.6 is 0 Å². The van der Waals surface area contributed by atoms with Crippen LogP contribution in [0.3, 0.4) is 0 Å². The van der Waals surface area contributed by atoms with E-state index in [4.69, 9.17) is 5.11 Å². The first-order chi connectivity index (χ1) is 8.79. The minimum Gasteiger partial charge on any atom is -0.392 e. The molecule has 2 nitrogen and oxygen atoms in total. The van der Waals surface area contributed by atoms with Crippen LogP contribution in [0.2, 0.25) is 0 Å². The quantitative estimate of drug-likeness (QED) is 0.843. The van der Waals surface area contributed by atoms with Crippen LogP contribution in [0.4, 0.5) is 0 Å². The lowest BCUT2D eigenvalue weighted by Gasteiger charge is -2.14. The van der Waals surface area contributed by atoms with Gasteiger partial charge in [-0.2, -0.15) is 0 Å². The summed E-state index contributed by atoms with van der Waals surface area (Å²) in [6.07, 6.45) is 0. The van der Waals surface area contributed by atoms with Gasteiger partial charge in [-0.3, -0.25) is 0 Å². The van der Waals surface area contributed by atoms with Crippen molar-refractivity contribution in [2.75, 3.05) is 0 Å². The second-order valence-corrected chi connectivity index (χ2v) is 4.49. The van der Waals surface area contributed by atoms with Crippen LogP contribution in [0.25, 0.3) is 0 Å². The molecule has 0 fully saturated rings. The van der Waals surface area contributed by atoms with Crippen molar-refractivity contribution in [1.29, 1.82) is 0 Å². The summed E-state index contributed by atoms with van der Waals surface area (Å²) in [6.45, 7) is 3.07. The van der Waals surface area contributed by atoms with Gasteiger partial charge in [0.15, 0.2) is 0 Å². The maximum atomic E-state index is 9.10. The molecule has 0 bridgehead atoms. The van der Waals surface area contributed by atoms with Gasteiger partial charge in [0.2, 0.25) is 0 Å². The zero-order valence-electron chi connectivity index (χ0n) is 10.6. The molecule has 0 heterocycles. The van der Waals surface area contributed by atoms with Crippen molar-refractivity contribution in [2.24, 2.45) is 0 Å². The molecule has 1 atom stereocenters. The fourth-order valence-corrected chi connectivity index (χ4v) is 1.97. The highest BCUT2D eigenvalue weighted by Crippen LogP contribution is 2.12. The van der Waals surface area contributed by atoms with Gasteiger partial charge in [-0.05, 0) is 23.6 Å². The summed E-state index contributed by atoms with van der Waals surface area (Å²) in [4.78, 5) is 0. The van der Waals surface area contributed by atoms with E-state index in [0.717, 1.165) is 12.1 Å². The monoisotopic (exact) mass is 241 g/mol. The maximum Gasteiger partial charge on any atom is 0.0681 e. The highest BCUT2D eigenvalue weighted by Gasteiger charge is 2.03. The Hall–Kier alpha value is -1.64. The second-order valence-electron chi connectivity index (χ2n) is 4.49. The summed E-state index contributed by atoms with van der Waals surface area (Å²) >= 11 is 0. The van der Waals surface area contributed by atoms with Crippen LogP contribution in [0.5, 0.6) is 0 Å². The average molecular weight is 241 g/mol. The SMILES string of the molecule is CC(NCc1cccc(CO)c1)c1ccccc1. The Bertz CT molecular complexity index is 481. The molecule has 0 aliphatic heterocycles. The average Bonchev–Trinajstić information content (AvgIpc) is 2.46. The second kappa shape index (κ2) is 6.34. The molecule has 0 saturated heterocycles. The number of aliphatic hydroxyl groups excluding tert-OH is 1. The van der Waals surface area contributed by atoms with Crippen molar-refractivity contribution in [3.63, 3.8) is 0 Å². The minimum absolute atomic E-state index is 0.0993. The van der Waals surface area contributed by atoms with Gasteiger partial charge >= 0.3 is 0 Å². The third-order valence-corrected chi connectivity index (χ3v) is 3.09. The first-order valence-electron chi connectivity index (χ1n) is 6.26. The van der Waals surface area contributed by atoms with E-state index >= 15 is 0 Å². The number of aliphatic hydroxyl groups is 1. The zero-order chi connectivity index (χ0) is 12.8. The number of hydrogen-bond acceptors (Lipinski definition) is 2. The molecular weight excluding hydrogens is 222 g/mol. The van der Waals surface area contributed by atoms with Gasteiger partial charge in [0.1, 0.15) is 0 Å². The van der Waals surface area contributed by atoms with Crippen molar-refractivity contribution in [3.8, 4) is 0 Å². The highest BCUT2D eigenvalue weighted by molar-refractivity contribution is 5.23. The van der Waals surface area contributed by atoms with E-state index in [9.17, 15) is 0 Å². The fraction of sp³-hybridized carbons (Fsp3) is 0.250. The maximum absolute atomic E-state index is 9.10. The van der Waals surface area contributed by atoms with Crippen LogP contribution in [-0.2, 0) is 13.2 Å². The molecule has 0 saturated carbocycles. The van der Waals surface area contributed by atoms with E-state index in [-0.39, 0.29) is 6.61 Å².